The van der Waals surface area contributed by atoms with Crippen LogP contribution in [0.5, 0.6) is 0 Å². The van der Waals surface area contributed by atoms with Gasteiger partial charge in [-0.2, -0.15) is 0 Å². The lowest BCUT2D eigenvalue weighted by Crippen LogP contribution is -2.06. The molecule has 0 saturated carbocycles. The van der Waals surface area contributed by atoms with Gasteiger partial charge < -0.3 is 5.73 Å². The molecule has 2 N–H and O–H groups in total. The lowest BCUT2D eigenvalue weighted by molar-refractivity contribution is 0.433. The third kappa shape index (κ3) is 1.32. The summed E-state index contributed by atoms with van der Waals surface area (Å²) in [5.41, 5.74) is 4.70. The molecule has 0 radical (unpaired) electrons. The highest BCUT2D eigenvalue weighted by Gasteiger charge is 2.12. The van der Waals surface area contributed by atoms with Gasteiger partial charge in [0, 0.05) is 6.54 Å². The largest absolute Gasteiger partial charge is 0.325 e. The minimum Gasteiger partial charge on any atom is -0.325 e. The zero-order chi connectivity index (χ0) is 8.43. The van der Waals surface area contributed by atoms with Crippen molar-refractivity contribution in [1.82, 2.24) is 4.98 Å². The van der Waals surface area contributed by atoms with E-state index in [1.54, 1.807) is 0 Å². The van der Waals surface area contributed by atoms with Crippen LogP contribution in [0.2, 0.25) is 0 Å². The number of hydrogen-bond donors (Lipinski definition) is 1. The molecule has 1 rings (SSSR count). The van der Waals surface area contributed by atoms with Crippen LogP contribution >= 0.6 is 0 Å². The number of aromatic nitrogens is 1. The van der Waals surface area contributed by atoms with E-state index in [2.05, 4.69) is 4.98 Å². The maximum absolute atomic E-state index is 12.5. The van der Waals surface area contributed by atoms with E-state index in [0.29, 0.717) is 6.20 Å². The SMILES string of the molecule is NCc1ncc(F)c(F)c1F. The van der Waals surface area contributed by atoms with Crippen LogP contribution in [0.25, 0.3) is 0 Å². The van der Waals surface area contributed by atoms with Crippen LogP contribution in [0, 0.1) is 17.5 Å². The summed E-state index contributed by atoms with van der Waals surface area (Å²) in [5.74, 6) is -4.15. The summed E-state index contributed by atoms with van der Waals surface area (Å²) in [6.45, 7) is -0.247. The second kappa shape index (κ2) is 2.87. The Bertz CT molecular complexity index is 275. The summed E-state index contributed by atoms with van der Waals surface area (Å²) in [6, 6.07) is 0. The predicted octanol–water partition coefficient (Wildman–Crippen LogP) is 0.958. The highest BCUT2D eigenvalue weighted by atomic mass is 19.2. The van der Waals surface area contributed by atoms with E-state index >= 15 is 0 Å². The molecule has 0 amide bonds. The third-order valence-electron chi connectivity index (χ3n) is 1.18. The van der Waals surface area contributed by atoms with Crippen molar-refractivity contribution in [3.8, 4) is 0 Å². The fraction of sp³-hybridized carbons (Fsp3) is 0.167. The number of nitrogens with two attached hydrogens (primary N) is 1. The van der Waals surface area contributed by atoms with E-state index in [0.717, 1.165) is 0 Å². The second-order valence-corrected chi connectivity index (χ2v) is 1.88. The van der Waals surface area contributed by atoms with E-state index in [4.69, 9.17) is 5.73 Å². The molecule has 2 nitrogen and oxygen atoms in total. The average molecular weight is 162 g/mol. The first-order valence-corrected chi connectivity index (χ1v) is 2.85. The molecule has 1 aromatic heterocycles. The predicted molar refractivity (Wildman–Crippen MR) is 32.0 cm³/mol. The highest BCUT2D eigenvalue weighted by molar-refractivity contribution is 5.10. The first-order valence-electron chi connectivity index (χ1n) is 2.85. The Morgan fingerprint density at radius 3 is 2.45 bits per heavy atom. The van der Waals surface area contributed by atoms with Crippen LogP contribution < -0.4 is 5.73 Å². The first-order chi connectivity index (χ1) is 5.16. The second-order valence-electron chi connectivity index (χ2n) is 1.88. The van der Waals surface area contributed by atoms with Crippen molar-refractivity contribution < 1.29 is 13.2 Å². The lowest BCUT2D eigenvalue weighted by atomic mass is 10.3. The average Bonchev–Trinajstić information content (AvgIpc) is 2.01. The molecular formula is C6H5F3N2. The van der Waals surface area contributed by atoms with Gasteiger partial charge in [-0.3, -0.25) is 4.98 Å². The molecule has 0 aliphatic carbocycles. The van der Waals surface area contributed by atoms with Gasteiger partial charge in [0.25, 0.3) is 0 Å². The van der Waals surface area contributed by atoms with Gasteiger partial charge in [0.1, 0.15) is 0 Å². The van der Waals surface area contributed by atoms with Crippen molar-refractivity contribution in [3.63, 3.8) is 0 Å². The fourth-order valence-corrected chi connectivity index (χ4v) is 0.622. The van der Waals surface area contributed by atoms with E-state index in [1.807, 2.05) is 0 Å². The minimum absolute atomic E-state index is 0.247. The van der Waals surface area contributed by atoms with Crippen LogP contribution in [0.1, 0.15) is 5.69 Å². The van der Waals surface area contributed by atoms with Gasteiger partial charge in [-0.15, -0.1) is 0 Å². The summed E-state index contributed by atoms with van der Waals surface area (Å²) in [5, 5.41) is 0. The molecule has 0 spiro atoms. The molecule has 11 heavy (non-hydrogen) atoms. The van der Waals surface area contributed by atoms with Gasteiger partial charge in [0.15, 0.2) is 17.5 Å². The zero-order valence-electron chi connectivity index (χ0n) is 5.44. The number of pyridine rings is 1. The van der Waals surface area contributed by atoms with Gasteiger partial charge >= 0.3 is 0 Å². The molecule has 5 heteroatoms. The maximum Gasteiger partial charge on any atom is 0.197 e. The van der Waals surface area contributed by atoms with E-state index in [9.17, 15) is 13.2 Å². The van der Waals surface area contributed by atoms with E-state index in [1.165, 1.54) is 0 Å². The molecule has 0 saturated heterocycles. The minimum atomic E-state index is -1.53. The Labute approximate surface area is 60.9 Å². The Morgan fingerprint density at radius 2 is 1.91 bits per heavy atom. The fourth-order valence-electron chi connectivity index (χ4n) is 0.622. The van der Waals surface area contributed by atoms with Crippen molar-refractivity contribution in [2.75, 3.05) is 0 Å². The van der Waals surface area contributed by atoms with Crippen LogP contribution in [0.3, 0.4) is 0 Å². The number of halogens is 3. The molecule has 0 unspecified atom stereocenters. The van der Waals surface area contributed by atoms with Crippen LogP contribution in [0.4, 0.5) is 13.2 Å². The van der Waals surface area contributed by atoms with Crippen LogP contribution in [-0.2, 0) is 6.54 Å². The maximum atomic E-state index is 12.5. The van der Waals surface area contributed by atoms with Gasteiger partial charge in [0.05, 0.1) is 11.9 Å². The highest BCUT2D eigenvalue weighted by Crippen LogP contribution is 2.11. The molecule has 0 atom stereocenters. The van der Waals surface area contributed by atoms with Crippen molar-refractivity contribution in [2.45, 2.75) is 6.54 Å². The molecule has 0 aliphatic rings. The Balaban J connectivity index is 3.25. The van der Waals surface area contributed by atoms with Gasteiger partial charge in [-0.1, -0.05) is 0 Å². The van der Waals surface area contributed by atoms with Crippen molar-refractivity contribution in [2.24, 2.45) is 5.73 Å². The molecule has 1 aromatic rings. The summed E-state index contributed by atoms with van der Waals surface area (Å²) in [7, 11) is 0. The Kier molecular flexibility index (Phi) is 2.09. The molecule has 1 heterocycles. The van der Waals surface area contributed by atoms with Gasteiger partial charge in [-0.25, -0.2) is 13.2 Å². The quantitative estimate of drug-likeness (QED) is 0.667. The summed E-state index contributed by atoms with van der Waals surface area (Å²) >= 11 is 0. The monoisotopic (exact) mass is 162 g/mol. The molecule has 0 aromatic carbocycles. The third-order valence-corrected chi connectivity index (χ3v) is 1.18. The Morgan fingerprint density at radius 1 is 1.27 bits per heavy atom. The molecule has 0 fully saturated rings. The molecule has 0 aliphatic heterocycles. The summed E-state index contributed by atoms with van der Waals surface area (Å²) < 4.78 is 37.0. The standard InChI is InChI=1S/C6H5F3N2/c7-3-2-11-4(1-10)6(9)5(3)8/h2H,1,10H2. The van der Waals surface area contributed by atoms with Crippen LogP contribution in [-0.4, -0.2) is 4.98 Å². The normalized spacial score (nSPS) is 10.2. The number of hydrogen-bond acceptors (Lipinski definition) is 2. The van der Waals surface area contributed by atoms with Crippen LogP contribution in [0.15, 0.2) is 6.20 Å². The summed E-state index contributed by atoms with van der Waals surface area (Å²) in [4.78, 5) is 3.24. The Hall–Kier alpha value is -1.10. The number of nitrogens with zero attached hydrogens (tertiary/aromatic N) is 1. The van der Waals surface area contributed by atoms with Gasteiger partial charge in [-0.05, 0) is 0 Å². The molecular weight excluding hydrogens is 157 g/mol. The first kappa shape index (κ1) is 8.00. The zero-order valence-corrected chi connectivity index (χ0v) is 5.44. The summed E-state index contributed by atoms with van der Waals surface area (Å²) in [6.07, 6.45) is 0.598. The van der Waals surface area contributed by atoms with Crippen molar-refractivity contribution in [3.05, 3.63) is 29.3 Å². The molecule has 60 valence electrons. The number of rotatable bonds is 1. The van der Waals surface area contributed by atoms with Gasteiger partial charge in [0.2, 0.25) is 0 Å². The smallest absolute Gasteiger partial charge is 0.197 e. The van der Waals surface area contributed by atoms with E-state index in [-0.39, 0.29) is 12.2 Å². The van der Waals surface area contributed by atoms with Crippen molar-refractivity contribution >= 4 is 0 Å². The van der Waals surface area contributed by atoms with Crippen molar-refractivity contribution in [1.29, 1.82) is 0 Å². The topological polar surface area (TPSA) is 38.9 Å². The lowest BCUT2D eigenvalue weighted by Gasteiger charge is -1.98. The molecule has 0 bridgehead atoms. The van der Waals surface area contributed by atoms with E-state index < -0.39 is 17.5 Å².